The Morgan fingerprint density at radius 1 is 1.04 bits per heavy atom. The molecule has 4 rings (SSSR count). The fourth-order valence-corrected chi connectivity index (χ4v) is 3.76. The first-order chi connectivity index (χ1) is 12.9. The Morgan fingerprint density at radius 3 is 2.59 bits per heavy atom. The molecule has 0 radical (unpaired) electrons. The van der Waals surface area contributed by atoms with E-state index in [9.17, 15) is 4.79 Å². The Morgan fingerprint density at radius 2 is 1.78 bits per heavy atom. The third-order valence-electron chi connectivity index (χ3n) is 5.07. The molecule has 2 aromatic carbocycles. The van der Waals surface area contributed by atoms with E-state index >= 15 is 0 Å². The number of amides is 1. The van der Waals surface area contributed by atoms with Gasteiger partial charge in [-0.1, -0.05) is 42.5 Å². The molecule has 0 saturated carbocycles. The number of carbonyl (C=O) groups excluding carboxylic acids is 1. The van der Waals surface area contributed by atoms with Gasteiger partial charge in [0, 0.05) is 17.6 Å². The lowest BCUT2D eigenvalue weighted by molar-refractivity contribution is 0.0914. The average molecular weight is 357 g/mol. The summed E-state index contributed by atoms with van der Waals surface area (Å²) in [6, 6.07) is 18.3. The first-order valence-corrected chi connectivity index (χ1v) is 9.13. The minimum absolute atomic E-state index is 0.118. The van der Waals surface area contributed by atoms with Crippen molar-refractivity contribution in [3.8, 4) is 0 Å². The zero-order valence-corrected chi connectivity index (χ0v) is 16.1. The molecule has 136 valence electrons. The lowest BCUT2D eigenvalue weighted by Gasteiger charge is -2.28. The number of nitrogens with one attached hydrogen (secondary N) is 1. The van der Waals surface area contributed by atoms with Crippen LogP contribution in [0.25, 0.3) is 16.4 Å². The molecule has 1 N–H and O–H groups in total. The monoisotopic (exact) mass is 357 g/mol. The van der Waals surface area contributed by atoms with Crippen LogP contribution in [0.2, 0.25) is 0 Å². The molecule has 0 bridgehead atoms. The number of benzene rings is 2. The minimum Gasteiger partial charge on any atom is -0.343 e. The Labute approximate surface area is 158 Å². The zero-order valence-electron chi connectivity index (χ0n) is 16.1. The van der Waals surface area contributed by atoms with Crippen LogP contribution < -0.4 is 5.32 Å². The average Bonchev–Trinajstić information content (AvgIpc) is 3.05. The highest BCUT2D eigenvalue weighted by molar-refractivity contribution is 6.01. The molecule has 0 aliphatic rings. The highest BCUT2D eigenvalue weighted by Gasteiger charge is 2.26. The molecule has 0 fully saturated rings. The maximum absolute atomic E-state index is 13.1. The molecule has 0 aliphatic heterocycles. The fraction of sp³-hybridized carbons (Fsp3) is 0.217. The highest BCUT2D eigenvalue weighted by atomic mass is 16.1. The zero-order chi connectivity index (χ0) is 19.2. The van der Waals surface area contributed by atoms with E-state index in [0.717, 1.165) is 22.3 Å². The summed E-state index contributed by atoms with van der Waals surface area (Å²) in [6.07, 6.45) is 1.90. The number of fused-ring (bicyclic) bond motifs is 2. The van der Waals surface area contributed by atoms with Crippen LogP contribution in [0.4, 0.5) is 0 Å². The largest absolute Gasteiger partial charge is 0.343 e. The second-order valence-electron chi connectivity index (χ2n) is 7.57. The number of aromatic nitrogens is 2. The van der Waals surface area contributed by atoms with E-state index in [1.807, 2.05) is 68.6 Å². The molecular weight excluding hydrogens is 334 g/mol. The summed E-state index contributed by atoms with van der Waals surface area (Å²) >= 11 is 0. The predicted molar refractivity (Wildman–Crippen MR) is 109 cm³/mol. The maximum Gasteiger partial charge on any atom is 0.255 e. The van der Waals surface area contributed by atoms with Crippen LogP contribution in [0.5, 0.6) is 0 Å². The van der Waals surface area contributed by atoms with Crippen molar-refractivity contribution in [2.24, 2.45) is 0 Å². The van der Waals surface area contributed by atoms with E-state index in [1.165, 1.54) is 5.39 Å². The first kappa shape index (κ1) is 17.3. The molecule has 27 heavy (non-hydrogen) atoms. The van der Waals surface area contributed by atoms with Crippen molar-refractivity contribution in [3.63, 3.8) is 0 Å². The second kappa shape index (κ2) is 6.23. The van der Waals surface area contributed by atoms with Gasteiger partial charge < -0.3 is 9.72 Å². The molecule has 0 spiro atoms. The molecule has 1 amide bonds. The van der Waals surface area contributed by atoms with E-state index in [-0.39, 0.29) is 5.91 Å². The molecule has 0 aliphatic carbocycles. The van der Waals surface area contributed by atoms with Gasteiger partial charge in [-0.2, -0.15) is 0 Å². The lowest BCUT2D eigenvalue weighted by Crippen LogP contribution is -2.41. The normalized spacial score (nSPS) is 11.9. The lowest BCUT2D eigenvalue weighted by atomic mass is 9.89. The Kier molecular flexibility index (Phi) is 3.99. The van der Waals surface area contributed by atoms with Crippen LogP contribution in [-0.4, -0.2) is 15.3 Å². The molecule has 0 saturated heterocycles. The third-order valence-corrected chi connectivity index (χ3v) is 5.07. The van der Waals surface area contributed by atoms with E-state index in [1.54, 1.807) is 0 Å². The van der Waals surface area contributed by atoms with Crippen molar-refractivity contribution in [2.45, 2.75) is 33.2 Å². The van der Waals surface area contributed by atoms with Crippen LogP contribution in [0.3, 0.4) is 0 Å². The van der Waals surface area contributed by atoms with Crippen molar-refractivity contribution in [2.75, 3.05) is 0 Å². The Bertz CT molecular complexity index is 1170. The summed E-state index contributed by atoms with van der Waals surface area (Å²) in [7, 11) is 0. The number of rotatable bonds is 3. The highest BCUT2D eigenvalue weighted by Crippen LogP contribution is 2.29. The topological polar surface area (TPSA) is 46.4 Å². The van der Waals surface area contributed by atoms with Gasteiger partial charge in [0.1, 0.15) is 5.65 Å². The molecule has 4 aromatic rings. The number of hydrogen-bond donors (Lipinski definition) is 1. The van der Waals surface area contributed by atoms with Gasteiger partial charge in [0.2, 0.25) is 0 Å². The van der Waals surface area contributed by atoms with Crippen LogP contribution in [0.15, 0.2) is 60.8 Å². The summed E-state index contributed by atoms with van der Waals surface area (Å²) in [5.41, 5.74) is 3.82. The first-order valence-electron chi connectivity index (χ1n) is 9.13. The molecule has 2 heterocycles. The summed E-state index contributed by atoms with van der Waals surface area (Å²) in [5, 5.41) is 5.52. The SMILES string of the molecule is Cc1cc(C)n2ccc(C(=O)NC(C)(C)c3cccc4ccccc34)c2n1. The third kappa shape index (κ3) is 2.97. The fourth-order valence-electron chi connectivity index (χ4n) is 3.76. The van der Waals surface area contributed by atoms with Crippen molar-refractivity contribution >= 4 is 22.3 Å². The smallest absolute Gasteiger partial charge is 0.255 e. The predicted octanol–water partition coefficient (Wildman–Crippen LogP) is 4.77. The van der Waals surface area contributed by atoms with Gasteiger partial charge in [0.05, 0.1) is 11.1 Å². The molecule has 4 nitrogen and oxygen atoms in total. The van der Waals surface area contributed by atoms with Crippen molar-refractivity contribution < 1.29 is 4.79 Å². The molecular formula is C23H23N3O. The number of carbonyl (C=O) groups is 1. The summed E-state index contributed by atoms with van der Waals surface area (Å²) in [6.45, 7) is 8.04. The van der Waals surface area contributed by atoms with Crippen LogP contribution in [-0.2, 0) is 5.54 Å². The number of nitrogens with zero attached hydrogens (tertiary/aromatic N) is 2. The maximum atomic E-state index is 13.1. The van der Waals surface area contributed by atoms with Gasteiger partial charge in [-0.3, -0.25) is 4.79 Å². The van der Waals surface area contributed by atoms with Crippen LogP contribution in [0, 0.1) is 13.8 Å². The van der Waals surface area contributed by atoms with Crippen LogP contribution >= 0.6 is 0 Å². The Hall–Kier alpha value is -3.14. The van der Waals surface area contributed by atoms with Gasteiger partial charge in [-0.05, 0) is 56.2 Å². The summed E-state index contributed by atoms with van der Waals surface area (Å²) in [4.78, 5) is 17.7. The second-order valence-corrected chi connectivity index (χ2v) is 7.57. The molecule has 4 heteroatoms. The van der Waals surface area contributed by atoms with E-state index < -0.39 is 5.54 Å². The molecule has 2 aromatic heterocycles. The van der Waals surface area contributed by atoms with Gasteiger partial charge in [0.25, 0.3) is 5.91 Å². The van der Waals surface area contributed by atoms with Crippen LogP contribution in [0.1, 0.15) is 41.2 Å². The van der Waals surface area contributed by atoms with Crippen molar-refractivity contribution in [3.05, 3.63) is 83.3 Å². The molecule has 0 unspecified atom stereocenters. The van der Waals surface area contributed by atoms with Crippen molar-refractivity contribution in [1.29, 1.82) is 0 Å². The standard InChI is InChI=1S/C23H23N3O/c1-15-14-16(2)26-13-12-19(21(26)24-15)22(27)25-23(3,4)20-11-7-9-17-8-5-6-10-18(17)20/h5-14H,1-4H3,(H,25,27). The van der Waals surface area contributed by atoms with Gasteiger partial charge >= 0.3 is 0 Å². The van der Waals surface area contributed by atoms with E-state index in [2.05, 4.69) is 34.6 Å². The van der Waals surface area contributed by atoms with Crippen molar-refractivity contribution in [1.82, 2.24) is 14.7 Å². The van der Waals surface area contributed by atoms with Gasteiger partial charge in [0.15, 0.2) is 0 Å². The van der Waals surface area contributed by atoms with E-state index in [0.29, 0.717) is 11.2 Å². The summed E-state index contributed by atoms with van der Waals surface area (Å²) < 4.78 is 1.95. The van der Waals surface area contributed by atoms with E-state index in [4.69, 9.17) is 0 Å². The molecule has 0 atom stereocenters. The number of aryl methyl sites for hydroxylation is 2. The Balaban J connectivity index is 1.74. The quantitative estimate of drug-likeness (QED) is 0.574. The minimum atomic E-state index is -0.523. The van der Waals surface area contributed by atoms with Gasteiger partial charge in [-0.15, -0.1) is 0 Å². The van der Waals surface area contributed by atoms with Gasteiger partial charge in [-0.25, -0.2) is 4.98 Å². The number of hydrogen-bond acceptors (Lipinski definition) is 2. The summed E-state index contributed by atoms with van der Waals surface area (Å²) in [5.74, 6) is -0.118.